The zero-order chi connectivity index (χ0) is 14.1. The van der Waals surface area contributed by atoms with Crippen LogP contribution < -0.4 is 5.73 Å². The normalized spacial score (nSPS) is 10.7. The number of nitrogens with two attached hydrogens (primary N) is 1. The smallest absolute Gasteiger partial charge is 0.276 e. The summed E-state index contributed by atoms with van der Waals surface area (Å²) in [6.07, 6.45) is 1.56. The molecule has 0 fully saturated rings. The molecule has 0 aliphatic rings. The topological polar surface area (TPSA) is 90.7 Å². The molecule has 3 rings (SSSR count). The molecule has 0 spiro atoms. The minimum absolute atomic E-state index is 0.368. The van der Waals surface area contributed by atoms with E-state index in [0.29, 0.717) is 23.1 Å². The molecule has 0 aromatic carbocycles. The third-order valence-corrected chi connectivity index (χ3v) is 2.77. The van der Waals surface area contributed by atoms with E-state index in [2.05, 4.69) is 20.1 Å². The summed E-state index contributed by atoms with van der Waals surface area (Å²) in [5.41, 5.74) is 9.49. The quantitative estimate of drug-likeness (QED) is 0.766. The largest absolute Gasteiger partial charge is 0.397 e. The Morgan fingerprint density at radius 3 is 2.45 bits per heavy atom. The van der Waals surface area contributed by atoms with Gasteiger partial charge >= 0.3 is 0 Å². The van der Waals surface area contributed by atoms with Crippen LogP contribution in [0.2, 0.25) is 0 Å². The van der Waals surface area contributed by atoms with Crippen molar-refractivity contribution in [1.82, 2.24) is 20.1 Å². The average Bonchev–Trinajstić information content (AvgIpc) is 2.88. The van der Waals surface area contributed by atoms with Crippen LogP contribution in [0.15, 0.2) is 35.0 Å². The molecule has 0 aliphatic heterocycles. The second kappa shape index (κ2) is 4.73. The van der Waals surface area contributed by atoms with Crippen LogP contribution in [-0.4, -0.2) is 20.1 Å². The first-order chi connectivity index (χ1) is 9.61. The van der Waals surface area contributed by atoms with Crippen LogP contribution in [0.25, 0.3) is 23.0 Å². The van der Waals surface area contributed by atoms with Crippen molar-refractivity contribution >= 4 is 5.69 Å². The molecule has 3 aromatic rings. The maximum absolute atomic E-state index is 5.60. The van der Waals surface area contributed by atoms with Gasteiger partial charge in [0.15, 0.2) is 0 Å². The molecule has 6 nitrogen and oxygen atoms in total. The number of rotatable bonds is 2. The Morgan fingerprint density at radius 1 is 1.05 bits per heavy atom. The number of hydrogen-bond donors (Lipinski definition) is 1. The van der Waals surface area contributed by atoms with Gasteiger partial charge in [-0.15, -0.1) is 0 Å². The Hall–Kier alpha value is -2.76. The monoisotopic (exact) mass is 267 g/mol. The number of anilines is 1. The molecule has 2 N–H and O–H groups in total. The van der Waals surface area contributed by atoms with Gasteiger partial charge < -0.3 is 10.3 Å². The lowest BCUT2D eigenvalue weighted by Crippen LogP contribution is -1.90. The maximum atomic E-state index is 5.60. The number of aromatic nitrogens is 4. The molecular formula is C14H13N5O. The Kier molecular flexibility index (Phi) is 2.90. The zero-order valence-electron chi connectivity index (χ0n) is 11.2. The molecule has 0 radical (unpaired) electrons. The molecule has 3 aromatic heterocycles. The molecule has 0 atom stereocenters. The minimum atomic E-state index is 0.368. The summed E-state index contributed by atoms with van der Waals surface area (Å²) in [6.45, 7) is 3.86. The average molecular weight is 267 g/mol. The van der Waals surface area contributed by atoms with E-state index in [9.17, 15) is 0 Å². The number of hydrogen-bond acceptors (Lipinski definition) is 6. The SMILES string of the molecule is Cc1cc(-c2noc(-c3ccc(N)cn3)n2)cc(C)n1. The fourth-order valence-corrected chi connectivity index (χ4v) is 1.94. The molecule has 0 aliphatic carbocycles. The molecule has 0 amide bonds. The van der Waals surface area contributed by atoms with Crippen LogP contribution in [0.4, 0.5) is 5.69 Å². The minimum Gasteiger partial charge on any atom is -0.397 e. The van der Waals surface area contributed by atoms with Crippen molar-refractivity contribution in [2.75, 3.05) is 5.73 Å². The Morgan fingerprint density at radius 2 is 1.80 bits per heavy atom. The van der Waals surface area contributed by atoms with E-state index in [1.54, 1.807) is 18.3 Å². The molecule has 0 bridgehead atoms. The molecule has 0 saturated carbocycles. The van der Waals surface area contributed by atoms with Gasteiger partial charge in [-0.2, -0.15) is 4.98 Å². The van der Waals surface area contributed by atoms with Crippen molar-refractivity contribution in [1.29, 1.82) is 0 Å². The molecule has 6 heteroatoms. The third-order valence-electron chi connectivity index (χ3n) is 2.77. The fraction of sp³-hybridized carbons (Fsp3) is 0.143. The van der Waals surface area contributed by atoms with E-state index in [4.69, 9.17) is 10.3 Å². The van der Waals surface area contributed by atoms with Crippen molar-refractivity contribution in [3.8, 4) is 23.0 Å². The summed E-state index contributed by atoms with van der Waals surface area (Å²) in [5.74, 6) is 0.888. The van der Waals surface area contributed by atoms with Gasteiger partial charge in [-0.3, -0.25) is 4.98 Å². The van der Waals surface area contributed by atoms with E-state index >= 15 is 0 Å². The first-order valence-electron chi connectivity index (χ1n) is 6.13. The van der Waals surface area contributed by atoms with E-state index in [-0.39, 0.29) is 0 Å². The molecule has 3 heterocycles. The highest BCUT2D eigenvalue weighted by Crippen LogP contribution is 2.22. The van der Waals surface area contributed by atoms with Crippen molar-refractivity contribution in [3.63, 3.8) is 0 Å². The van der Waals surface area contributed by atoms with Gasteiger partial charge in [0.25, 0.3) is 5.89 Å². The fourth-order valence-electron chi connectivity index (χ4n) is 1.94. The van der Waals surface area contributed by atoms with Gasteiger partial charge in [-0.25, -0.2) is 4.98 Å². The maximum Gasteiger partial charge on any atom is 0.276 e. The predicted molar refractivity (Wildman–Crippen MR) is 74.6 cm³/mol. The highest BCUT2D eigenvalue weighted by atomic mass is 16.5. The van der Waals surface area contributed by atoms with Crippen LogP contribution in [-0.2, 0) is 0 Å². The van der Waals surface area contributed by atoms with Crippen LogP contribution in [0.1, 0.15) is 11.4 Å². The Bertz CT molecular complexity index is 728. The van der Waals surface area contributed by atoms with E-state index < -0.39 is 0 Å². The third kappa shape index (κ3) is 2.35. The highest BCUT2D eigenvalue weighted by Gasteiger charge is 2.12. The van der Waals surface area contributed by atoms with Gasteiger partial charge in [0.1, 0.15) is 5.69 Å². The van der Waals surface area contributed by atoms with Gasteiger partial charge in [0, 0.05) is 17.0 Å². The van der Waals surface area contributed by atoms with Crippen molar-refractivity contribution in [2.24, 2.45) is 0 Å². The molecule has 100 valence electrons. The lowest BCUT2D eigenvalue weighted by Gasteiger charge is -1.99. The Balaban J connectivity index is 1.99. The van der Waals surface area contributed by atoms with Crippen molar-refractivity contribution in [2.45, 2.75) is 13.8 Å². The zero-order valence-corrected chi connectivity index (χ0v) is 11.2. The number of aryl methyl sites for hydroxylation is 2. The summed E-state index contributed by atoms with van der Waals surface area (Å²) in [6, 6.07) is 7.32. The molecule has 20 heavy (non-hydrogen) atoms. The summed E-state index contributed by atoms with van der Waals surface area (Å²) in [5, 5.41) is 3.98. The van der Waals surface area contributed by atoms with E-state index in [1.807, 2.05) is 26.0 Å². The summed E-state index contributed by atoms with van der Waals surface area (Å²) in [4.78, 5) is 12.8. The first kappa shape index (κ1) is 12.3. The first-order valence-corrected chi connectivity index (χ1v) is 6.13. The summed E-state index contributed by atoms with van der Waals surface area (Å²) in [7, 11) is 0. The molecule has 0 saturated heterocycles. The lowest BCUT2D eigenvalue weighted by molar-refractivity contribution is 0.431. The van der Waals surface area contributed by atoms with Crippen LogP contribution in [0.5, 0.6) is 0 Å². The van der Waals surface area contributed by atoms with Crippen molar-refractivity contribution < 1.29 is 4.52 Å². The van der Waals surface area contributed by atoms with Crippen LogP contribution in [0, 0.1) is 13.8 Å². The second-order valence-electron chi connectivity index (χ2n) is 4.54. The highest BCUT2D eigenvalue weighted by molar-refractivity contribution is 5.59. The number of pyridine rings is 2. The van der Waals surface area contributed by atoms with Gasteiger partial charge in [0.05, 0.1) is 11.9 Å². The summed E-state index contributed by atoms with van der Waals surface area (Å²) >= 11 is 0. The van der Waals surface area contributed by atoms with Gasteiger partial charge in [-0.05, 0) is 38.1 Å². The van der Waals surface area contributed by atoms with E-state index in [1.165, 1.54) is 0 Å². The van der Waals surface area contributed by atoms with Crippen LogP contribution in [0.3, 0.4) is 0 Å². The standard InChI is InChI=1S/C14H13N5O/c1-8-5-10(6-9(2)17-8)13-18-14(20-19-13)12-4-3-11(15)7-16-12/h3-7H,15H2,1-2H3. The van der Waals surface area contributed by atoms with Crippen LogP contribution >= 0.6 is 0 Å². The van der Waals surface area contributed by atoms with Gasteiger partial charge in [-0.1, -0.05) is 5.16 Å². The molecular weight excluding hydrogens is 254 g/mol. The predicted octanol–water partition coefficient (Wildman–Crippen LogP) is 2.39. The molecule has 0 unspecified atom stereocenters. The summed E-state index contributed by atoms with van der Waals surface area (Å²) < 4.78 is 5.24. The second-order valence-corrected chi connectivity index (χ2v) is 4.54. The van der Waals surface area contributed by atoms with Gasteiger partial charge in [0.2, 0.25) is 5.82 Å². The Labute approximate surface area is 115 Å². The van der Waals surface area contributed by atoms with Crippen molar-refractivity contribution in [3.05, 3.63) is 41.9 Å². The number of nitrogen functional groups attached to an aromatic ring is 1. The lowest BCUT2D eigenvalue weighted by atomic mass is 10.2. The van der Waals surface area contributed by atoms with E-state index in [0.717, 1.165) is 17.0 Å². The number of nitrogens with zero attached hydrogens (tertiary/aromatic N) is 4.